The van der Waals surface area contributed by atoms with Crippen LogP contribution in [0.25, 0.3) is 0 Å². The van der Waals surface area contributed by atoms with E-state index in [1.54, 1.807) is 0 Å². The lowest BCUT2D eigenvalue weighted by Gasteiger charge is -2.29. The summed E-state index contributed by atoms with van der Waals surface area (Å²) < 4.78 is 5.52. The zero-order valence-corrected chi connectivity index (χ0v) is 14.2. The Hall–Kier alpha value is -1.42. The molecule has 2 aliphatic heterocycles. The van der Waals surface area contributed by atoms with Crippen LogP contribution in [0.15, 0.2) is 18.2 Å². The molecule has 2 heterocycles. The molecule has 1 unspecified atom stereocenters. The summed E-state index contributed by atoms with van der Waals surface area (Å²) in [7, 11) is 0. The molecule has 0 aromatic heterocycles. The van der Waals surface area contributed by atoms with Crippen LogP contribution >= 0.6 is 11.6 Å². The third kappa shape index (κ3) is 3.17. The molecule has 1 saturated heterocycles. The van der Waals surface area contributed by atoms with E-state index < -0.39 is 5.60 Å². The van der Waals surface area contributed by atoms with E-state index >= 15 is 0 Å². The van der Waals surface area contributed by atoms with Gasteiger partial charge in [-0.2, -0.15) is 0 Å². The lowest BCUT2D eigenvalue weighted by atomic mass is 10.1. The highest BCUT2D eigenvalue weighted by atomic mass is 35.5. The summed E-state index contributed by atoms with van der Waals surface area (Å²) in [5.41, 5.74) is 2.10. The molecule has 0 radical (unpaired) electrons. The first-order valence-electron chi connectivity index (χ1n) is 7.86. The molecule has 0 aliphatic carbocycles. The molecular formula is C17H23ClN2O2. The van der Waals surface area contributed by atoms with Crippen LogP contribution in [-0.2, 0) is 11.2 Å². The molecule has 0 spiro atoms. The lowest BCUT2D eigenvalue weighted by Crippen LogP contribution is -2.43. The molecule has 0 saturated carbocycles. The first-order valence-corrected chi connectivity index (χ1v) is 8.24. The van der Waals surface area contributed by atoms with Gasteiger partial charge in [-0.1, -0.05) is 17.7 Å². The first kappa shape index (κ1) is 15.5. The minimum Gasteiger partial charge on any atom is -0.444 e. The number of hydrogen-bond acceptors (Lipinski definition) is 3. The highest BCUT2D eigenvalue weighted by Gasteiger charge is 2.35. The summed E-state index contributed by atoms with van der Waals surface area (Å²) in [6.45, 7) is 8.13. The van der Waals surface area contributed by atoms with Crippen LogP contribution in [0.4, 0.5) is 10.5 Å². The van der Waals surface area contributed by atoms with Gasteiger partial charge in [0.25, 0.3) is 0 Å². The average molecular weight is 323 g/mol. The highest BCUT2D eigenvalue weighted by Crippen LogP contribution is 2.35. The van der Waals surface area contributed by atoms with Gasteiger partial charge in [-0.3, -0.25) is 0 Å². The van der Waals surface area contributed by atoms with Gasteiger partial charge in [0.05, 0.1) is 6.04 Å². The van der Waals surface area contributed by atoms with E-state index in [0.717, 1.165) is 31.0 Å². The Kier molecular flexibility index (Phi) is 3.98. The summed E-state index contributed by atoms with van der Waals surface area (Å²) in [6.07, 6.45) is 1.70. The van der Waals surface area contributed by atoms with Crippen molar-refractivity contribution in [2.45, 2.75) is 45.3 Å². The van der Waals surface area contributed by atoms with E-state index in [0.29, 0.717) is 12.6 Å². The Labute approximate surface area is 137 Å². The van der Waals surface area contributed by atoms with Gasteiger partial charge in [0.2, 0.25) is 0 Å². The largest absolute Gasteiger partial charge is 0.444 e. The molecule has 1 atom stereocenters. The number of anilines is 1. The van der Waals surface area contributed by atoms with Gasteiger partial charge in [-0.05, 0) is 51.3 Å². The van der Waals surface area contributed by atoms with Crippen molar-refractivity contribution in [2.75, 3.05) is 24.5 Å². The number of halogens is 1. The second-order valence-corrected chi connectivity index (χ2v) is 7.54. The Balaban J connectivity index is 1.75. The maximum Gasteiger partial charge on any atom is 0.410 e. The predicted octanol–water partition coefficient (Wildman–Crippen LogP) is 3.71. The maximum atomic E-state index is 12.3. The molecular weight excluding hydrogens is 300 g/mol. The molecule has 0 N–H and O–H groups in total. The monoisotopic (exact) mass is 322 g/mol. The number of amides is 1. The molecule has 3 rings (SSSR count). The maximum absolute atomic E-state index is 12.3. The van der Waals surface area contributed by atoms with Crippen molar-refractivity contribution >= 4 is 23.4 Å². The second-order valence-electron chi connectivity index (χ2n) is 7.10. The zero-order chi connectivity index (χ0) is 15.9. The molecule has 4 nitrogen and oxygen atoms in total. The average Bonchev–Trinajstić information content (AvgIpc) is 2.61. The lowest BCUT2D eigenvalue weighted by molar-refractivity contribution is 0.0250. The van der Waals surface area contributed by atoms with E-state index in [2.05, 4.69) is 11.0 Å². The number of nitrogens with zero attached hydrogens (tertiary/aromatic N) is 2. The van der Waals surface area contributed by atoms with Gasteiger partial charge in [-0.15, -0.1) is 0 Å². The smallest absolute Gasteiger partial charge is 0.410 e. The fourth-order valence-electron chi connectivity index (χ4n) is 3.27. The quantitative estimate of drug-likeness (QED) is 0.730. The van der Waals surface area contributed by atoms with Gasteiger partial charge in [-0.25, -0.2) is 4.79 Å². The normalized spacial score (nSPS) is 21.2. The summed E-state index contributed by atoms with van der Waals surface area (Å²) in [5, 5.41) is 0.771. The van der Waals surface area contributed by atoms with E-state index in [9.17, 15) is 4.79 Å². The highest BCUT2D eigenvalue weighted by molar-refractivity contribution is 6.30. The Morgan fingerprint density at radius 3 is 2.82 bits per heavy atom. The summed E-state index contributed by atoms with van der Waals surface area (Å²) in [5.74, 6) is 0. The van der Waals surface area contributed by atoms with Crippen molar-refractivity contribution in [2.24, 2.45) is 0 Å². The Morgan fingerprint density at radius 1 is 1.32 bits per heavy atom. The number of hydrogen-bond donors (Lipinski definition) is 0. The van der Waals surface area contributed by atoms with Gasteiger partial charge >= 0.3 is 6.09 Å². The number of ether oxygens (including phenoxy) is 1. The van der Waals surface area contributed by atoms with Crippen molar-refractivity contribution in [3.63, 3.8) is 0 Å². The molecule has 2 aliphatic rings. The molecule has 1 aromatic carbocycles. The molecule has 1 fully saturated rings. The van der Waals surface area contributed by atoms with Crippen molar-refractivity contribution in [3.8, 4) is 0 Å². The topological polar surface area (TPSA) is 32.8 Å². The minimum absolute atomic E-state index is 0.205. The van der Waals surface area contributed by atoms with Crippen LogP contribution in [0.5, 0.6) is 0 Å². The zero-order valence-electron chi connectivity index (χ0n) is 13.4. The fourth-order valence-corrected chi connectivity index (χ4v) is 3.44. The SMILES string of the molecule is CC(C)(C)OC(=O)N1CCCN2c3cc(Cl)ccc3CC2C1. The van der Waals surface area contributed by atoms with Gasteiger partial charge in [0.1, 0.15) is 5.60 Å². The molecule has 1 aromatic rings. The molecule has 5 heteroatoms. The fraction of sp³-hybridized carbons (Fsp3) is 0.588. The van der Waals surface area contributed by atoms with Crippen LogP contribution in [0.1, 0.15) is 32.8 Å². The molecule has 0 bridgehead atoms. The summed E-state index contributed by atoms with van der Waals surface area (Å²) in [4.78, 5) is 16.6. The number of carbonyl (C=O) groups is 1. The molecule has 120 valence electrons. The minimum atomic E-state index is -0.449. The summed E-state index contributed by atoms with van der Waals surface area (Å²) in [6, 6.07) is 6.41. The number of fused-ring (bicyclic) bond motifs is 3. The summed E-state index contributed by atoms with van der Waals surface area (Å²) >= 11 is 6.14. The molecule has 1 amide bonds. The Morgan fingerprint density at radius 2 is 2.09 bits per heavy atom. The predicted molar refractivity (Wildman–Crippen MR) is 88.7 cm³/mol. The number of carbonyl (C=O) groups excluding carboxylic acids is 1. The number of benzene rings is 1. The van der Waals surface area contributed by atoms with Crippen LogP contribution < -0.4 is 4.90 Å². The Bertz CT molecular complexity index is 583. The van der Waals surface area contributed by atoms with Gasteiger partial charge < -0.3 is 14.5 Å². The van der Waals surface area contributed by atoms with Crippen molar-refractivity contribution in [3.05, 3.63) is 28.8 Å². The van der Waals surface area contributed by atoms with E-state index in [1.165, 1.54) is 11.3 Å². The van der Waals surface area contributed by atoms with Crippen molar-refractivity contribution < 1.29 is 9.53 Å². The van der Waals surface area contributed by atoms with E-state index in [1.807, 2.05) is 37.8 Å². The van der Waals surface area contributed by atoms with Crippen molar-refractivity contribution in [1.29, 1.82) is 0 Å². The second kappa shape index (κ2) is 5.65. The third-order valence-corrected chi connectivity index (χ3v) is 4.40. The standard InChI is InChI=1S/C17H23ClN2O2/c1-17(2,3)22-16(21)19-7-4-8-20-14(11-19)9-12-5-6-13(18)10-15(12)20/h5-6,10,14H,4,7-9,11H2,1-3H3. The van der Waals surface area contributed by atoms with Crippen LogP contribution in [0, 0.1) is 0 Å². The van der Waals surface area contributed by atoms with E-state index in [4.69, 9.17) is 16.3 Å². The van der Waals surface area contributed by atoms with Crippen LogP contribution in [-0.4, -0.2) is 42.3 Å². The third-order valence-electron chi connectivity index (χ3n) is 4.16. The van der Waals surface area contributed by atoms with Crippen molar-refractivity contribution in [1.82, 2.24) is 4.90 Å². The number of rotatable bonds is 0. The van der Waals surface area contributed by atoms with Gasteiger partial charge in [0, 0.05) is 30.3 Å². The van der Waals surface area contributed by atoms with Crippen LogP contribution in [0.2, 0.25) is 5.02 Å². The van der Waals surface area contributed by atoms with E-state index in [-0.39, 0.29) is 6.09 Å². The first-order chi connectivity index (χ1) is 10.3. The van der Waals surface area contributed by atoms with Gasteiger partial charge in [0.15, 0.2) is 0 Å². The van der Waals surface area contributed by atoms with Crippen LogP contribution in [0.3, 0.4) is 0 Å². The molecule has 22 heavy (non-hydrogen) atoms.